The quantitative estimate of drug-likeness (QED) is 0.147. The van der Waals surface area contributed by atoms with Gasteiger partial charge in [0, 0.05) is 63.4 Å². The monoisotopic (exact) mass is 963 g/mol. The molecule has 8 heteroatoms. The lowest BCUT2D eigenvalue weighted by Gasteiger charge is -2.42. The van der Waals surface area contributed by atoms with Crippen molar-refractivity contribution in [2.75, 3.05) is 14.7 Å². The Hall–Kier alpha value is -7.72. The normalized spacial score (nSPS) is 12.8. The zero-order valence-corrected chi connectivity index (χ0v) is 40.8. The molecule has 6 heterocycles. The largest absolute Gasteiger partial charge is 0.310 e. The molecule has 2 aliphatic rings. The molecule has 0 saturated heterocycles. The highest BCUT2D eigenvalue weighted by molar-refractivity contribution is 7.31. The summed E-state index contributed by atoms with van der Waals surface area (Å²) in [4.78, 5) is 7.82. The molecule has 2 aliphatic heterocycles. The van der Waals surface area contributed by atoms with E-state index in [1.807, 2.05) is 45.3 Å². The Morgan fingerprint density at radius 3 is 1.04 bits per heavy atom. The Bertz CT molecular complexity index is 3890. The first-order chi connectivity index (χ1) is 34.8. The highest BCUT2D eigenvalue weighted by Gasteiger charge is 2.48. The summed E-state index contributed by atoms with van der Waals surface area (Å²) in [6.45, 7) is -0.0464. The van der Waals surface area contributed by atoms with Crippen LogP contribution in [-0.2, 0) is 0 Å². The molecule has 0 radical (unpaired) electrons. The van der Waals surface area contributed by atoms with Gasteiger partial charge in [-0.1, -0.05) is 170 Å². The fraction of sp³-hybridized carbons (Fsp3) is 0. The van der Waals surface area contributed by atoms with E-state index in [2.05, 4.69) is 245 Å². The topological polar surface area (TPSA) is 9.72 Å². The summed E-state index contributed by atoms with van der Waals surface area (Å²) in [6.07, 6.45) is 0. The summed E-state index contributed by atoms with van der Waals surface area (Å²) < 4.78 is 5.13. The lowest BCUT2D eigenvalue weighted by atomic mass is 9.33. The third-order valence-corrected chi connectivity index (χ3v) is 18.7. The number of anilines is 9. The minimum Gasteiger partial charge on any atom is -0.310 e. The molecule has 328 valence electrons. The molecule has 0 N–H and O–H groups in total. The molecule has 70 heavy (non-hydrogen) atoms. The SMILES string of the molecule is c1ccc(-c2c(N3c4cc(N(c5ccccc5)c5ccccc5)cc5c4B(c4c3sc3ccccc43)c3c(sc4ccccc34)N5c3sc4ccccc4c3-c3ccccc3)sc3ccccc23)cc1. The third kappa shape index (κ3) is 5.98. The molecule has 0 unspecified atom stereocenters. The molecule has 0 aliphatic carbocycles. The van der Waals surface area contributed by atoms with Crippen LogP contribution in [0.2, 0.25) is 0 Å². The van der Waals surface area contributed by atoms with E-state index < -0.39 is 0 Å². The smallest absolute Gasteiger partial charge is 0.256 e. The van der Waals surface area contributed by atoms with Crippen LogP contribution in [0, 0.1) is 0 Å². The number of rotatable bonds is 7. The molecular formula is C62H38BN3S4. The van der Waals surface area contributed by atoms with Crippen molar-refractivity contribution in [3.05, 3.63) is 231 Å². The summed E-state index contributed by atoms with van der Waals surface area (Å²) in [5.41, 5.74) is 14.7. The fourth-order valence-corrected chi connectivity index (χ4v) is 16.3. The van der Waals surface area contributed by atoms with E-state index >= 15 is 0 Å². The number of para-hydroxylation sites is 2. The van der Waals surface area contributed by atoms with Crippen molar-refractivity contribution in [3.63, 3.8) is 0 Å². The van der Waals surface area contributed by atoms with Crippen LogP contribution in [0.1, 0.15) is 0 Å². The van der Waals surface area contributed by atoms with Crippen LogP contribution in [0.3, 0.4) is 0 Å². The van der Waals surface area contributed by atoms with Crippen LogP contribution in [0.15, 0.2) is 231 Å². The molecular weight excluding hydrogens is 926 g/mol. The lowest BCUT2D eigenvalue weighted by Crippen LogP contribution is -2.60. The molecule has 3 nitrogen and oxygen atoms in total. The molecule has 0 atom stereocenters. The summed E-state index contributed by atoms with van der Waals surface area (Å²) in [6, 6.07) is 85.2. The van der Waals surface area contributed by atoms with Crippen molar-refractivity contribution in [2.24, 2.45) is 0 Å². The van der Waals surface area contributed by atoms with E-state index in [-0.39, 0.29) is 6.71 Å². The van der Waals surface area contributed by atoms with Crippen molar-refractivity contribution in [1.29, 1.82) is 0 Å². The van der Waals surface area contributed by atoms with Crippen LogP contribution < -0.4 is 31.1 Å². The second-order valence-corrected chi connectivity index (χ2v) is 22.1. The van der Waals surface area contributed by atoms with Gasteiger partial charge in [-0.2, -0.15) is 0 Å². The van der Waals surface area contributed by atoms with Gasteiger partial charge in [0.2, 0.25) is 0 Å². The van der Waals surface area contributed by atoms with Crippen molar-refractivity contribution in [3.8, 4) is 22.3 Å². The number of fused-ring (bicyclic) bond motifs is 10. The van der Waals surface area contributed by atoms with Gasteiger partial charge in [-0.05, 0) is 99.0 Å². The lowest BCUT2D eigenvalue weighted by molar-refractivity contribution is 1.26. The average Bonchev–Trinajstić information content (AvgIpc) is 4.21. The number of hydrogen-bond acceptors (Lipinski definition) is 7. The minimum absolute atomic E-state index is 0.0464. The van der Waals surface area contributed by atoms with Gasteiger partial charge in [0.1, 0.15) is 10.0 Å². The Kier molecular flexibility index (Phi) is 9.14. The van der Waals surface area contributed by atoms with Crippen LogP contribution in [0.5, 0.6) is 0 Å². The second kappa shape index (κ2) is 15.9. The highest BCUT2D eigenvalue weighted by Crippen LogP contribution is 2.58. The predicted octanol–water partition coefficient (Wildman–Crippen LogP) is 17.4. The molecule has 4 aromatic heterocycles. The van der Waals surface area contributed by atoms with Gasteiger partial charge in [0.05, 0.1) is 15.7 Å². The third-order valence-electron chi connectivity index (χ3n) is 14.1. The predicted molar refractivity (Wildman–Crippen MR) is 308 cm³/mol. The molecule has 0 amide bonds. The van der Waals surface area contributed by atoms with Crippen LogP contribution in [-0.4, -0.2) is 6.71 Å². The van der Waals surface area contributed by atoms with E-state index in [4.69, 9.17) is 0 Å². The number of nitrogens with zero attached hydrogens (tertiary/aromatic N) is 3. The second-order valence-electron chi connectivity index (χ2n) is 17.9. The Morgan fingerprint density at radius 2 is 0.629 bits per heavy atom. The maximum atomic E-state index is 2.68. The van der Waals surface area contributed by atoms with Gasteiger partial charge in [0.15, 0.2) is 0 Å². The maximum absolute atomic E-state index is 2.68. The average molecular weight is 964 g/mol. The highest BCUT2D eigenvalue weighted by atomic mass is 32.1. The number of benzene rings is 9. The van der Waals surface area contributed by atoms with Crippen molar-refractivity contribution >= 4 is 157 Å². The minimum atomic E-state index is -0.0464. The Labute approximate surface area is 421 Å². The zero-order valence-electron chi connectivity index (χ0n) is 37.5. The molecule has 0 spiro atoms. The first kappa shape index (κ1) is 40.2. The summed E-state index contributed by atoms with van der Waals surface area (Å²) >= 11 is 7.66. The van der Waals surface area contributed by atoms with Crippen molar-refractivity contribution < 1.29 is 0 Å². The Balaban J connectivity index is 1.14. The molecule has 15 rings (SSSR count). The van der Waals surface area contributed by atoms with Gasteiger partial charge in [0.25, 0.3) is 6.71 Å². The van der Waals surface area contributed by atoms with Crippen molar-refractivity contribution in [1.82, 2.24) is 0 Å². The molecule has 0 saturated carbocycles. The van der Waals surface area contributed by atoms with E-state index in [9.17, 15) is 0 Å². The van der Waals surface area contributed by atoms with Crippen LogP contribution in [0.4, 0.5) is 48.4 Å². The van der Waals surface area contributed by atoms with Crippen LogP contribution in [0.25, 0.3) is 62.6 Å². The standard InChI is InChI=1S/C62H38BN3S4/c1-5-21-39(22-6-1)54-44-29-13-17-33-50(44)67-59(54)65-48-37-43(64(41-25-9-3-10-26-41)42-27-11-4-12-28-42)38-49-58(48)63(56-46-31-15-19-35-52(46)69-61(56)65)57-47-32-16-20-36-53(47)70-62(57)66(49)60-55(40-23-7-2-8-24-40)45-30-14-18-34-51(45)68-60/h1-38H. The first-order valence-corrected chi connectivity index (χ1v) is 26.9. The summed E-state index contributed by atoms with van der Waals surface area (Å²) in [7, 11) is 0. The van der Waals surface area contributed by atoms with Crippen LogP contribution >= 0.6 is 45.3 Å². The number of hydrogen-bond donors (Lipinski definition) is 0. The van der Waals surface area contributed by atoms with Crippen molar-refractivity contribution in [2.45, 2.75) is 0 Å². The van der Waals surface area contributed by atoms with Gasteiger partial charge in [-0.3, -0.25) is 9.80 Å². The van der Waals surface area contributed by atoms with E-state index in [1.165, 1.54) is 110 Å². The number of thiophene rings is 4. The molecule has 0 fully saturated rings. The van der Waals surface area contributed by atoms with E-state index in [0.717, 1.165) is 17.1 Å². The van der Waals surface area contributed by atoms with E-state index in [1.54, 1.807) is 0 Å². The fourth-order valence-electron chi connectivity index (χ4n) is 11.2. The van der Waals surface area contributed by atoms with Gasteiger partial charge in [-0.15, -0.1) is 45.3 Å². The summed E-state index contributed by atoms with van der Waals surface area (Å²) in [5.74, 6) is 0. The zero-order chi connectivity index (χ0) is 45.9. The summed E-state index contributed by atoms with van der Waals surface area (Å²) in [5, 5.41) is 10.2. The molecule has 13 aromatic rings. The first-order valence-electron chi connectivity index (χ1n) is 23.6. The van der Waals surface area contributed by atoms with Gasteiger partial charge < -0.3 is 4.90 Å². The Morgan fingerprint density at radius 1 is 0.300 bits per heavy atom. The molecule has 9 aromatic carbocycles. The van der Waals surface area contributed by atoms with Gasteiger partial charge >= 0.3 is 0 Å². The van der Waals surface area contributed by atoms with E-state index in [0.29, 0.717) is 0 Å². The van der Waals surface area contributed by atoms with Gasteiger partial charge in [-0.25, -0.2) is 0 Å². The maximum Gasteiger partial charge on any atom is 0.256 e. The molecule has 0 bridgehead atoms.